The topological polar surface area (TPSA) is 81.0 Å². The molecule has 7 heteroatoms. The molecule has 0 aliphatic carbocycles. The van der Waals surface area contributed by atoms with Crippen molar-refractivity contribution in [1.29, 1.82) is 5.26 Å². The number of nitriles is 1. The van der Waals surface area contributed by atoms with Crippen LogP contribution in [-0.4, -0.2) is 54.3 Å². The molecule has 0 aromatic heterocycles. The number of nitrogens with zero attached hydrogens (tertiary/aromatic N) is 4. The SMILES string of the molecule is C=C(NC(C)=O)c1ccc(OC2CCN(C3=CC=CCC(N(C)CCC#N)=N3)C2)cc1. The van der Waals surface area contributed by atoms with Gasteiger partial charge in [-0.2, -0.15) is 5.26 Å². The van der Waals surface area contributed by atoms with Gasteiger partial charge in [0, 0.05) is 45.6 Å². The van der Waals surface area contributed by atoms with E-state index in [0.29, 0.717) is 18.7 Å². The van der Waals surface area contributed by atoms with Crippen LogP contribution in [-0.2, 0) is 4.79 Å². The first-order chi connectivity index (χ1) is 15.0. The highest BCUT2D eigenvalue weighted by Gasteiger charge is 2.26. The summed E-state index contributed by atoms with van der Waals surface area (Å²) >= 11 is 0. The third-order valence-electron chi connectivity index (χ3n) is 5.23. The Morgan fingerprint density at radius 1 is 1.42 bits per heavy atom. The molecule has 31 heavy (non-hydrogen) atoms. The van der Waals surface area contributed by atoms with E-state index in [0.717, 1.165) is 48.9 Å². The Morgan fingerprint density at radius 2 is 2.19 bits per heavy atom. The summed E-state index contributed by atoms with van der Waals surface area (Å²) in [6.07, 6.45) is 8.40. The van der Waals surface area contributed by atoms with Gasteiger partial charge in [-0.3, -0.25) is 4.79 Å². The summed E-state index contributed by atoms with van der Waals surface area (Å²) in [4.78, 5) is 20.3. The number of ether oxygens (including phenoxy) is 1. The highest BCUT2D eigenvalue weighted by Crippen LogP contribution is 2.24. The van der Waals surface area contributed by atoms with Crippen LogP contribution < -0.4 is 10.1 Å². The molecule has 1 N–H and O–H groups in total. The van der Waals surface area contributed by atoms with Gasteiger partial charge < -0.3 is 19.9 Å². The van der Waals surface area contributed by atoms with Crippen LogP contribution in [0.25, 0.3) is 5.70 Å². The van der Waals surface area contributed by atoms with Crippen molar-refractivity contribution in [2.75, 3.05) is 26.7 Å². The summed E-state index contributed by atoms with van der Waals surface area (Å²) in [5.41, 5.74) is 1.43. The van der Waals surface area contributed by atoms with Crippen LogP contribution in [0.1, 0.15) is 31.7 Å². The van der Waals surface area contributed by atoms with E-state index in [9.17, 15) is 4.79 Å². The van der Waals surface area contributed by atoms with Crippen LogP contribution in [0, 0.1) is 11.3 Å². The molecular formula is C24H29N5O2. The van der Waals surface area contributed by atoms with E-state index in [1.165, 1.54) is 6.92 Å². The Balaban J connectivity index is 1.59. The third-order valence-corrected chi connectivity index (χ3v) is 5.23. The van der Waals surface area contributed by atoms with Gasteiger partial charge in [0.25, 0.3) is 0 Å². The summed E-state index contributed by atoms with van der Waals surface area (Å²) in [5.74, 6) is 2.55. The van der Waals surface area contributed by atoms with Gasteiger partial charge >= 0.3 is 0 Å². The molecule has 0 saturated carbocycles. The first-order valence-corrected chi connectivity index (χ1v) is 10.5. The zero-order valence-electron chi connectivity index (χ0n) is 18.2. The molecule has 2 heterocycles. The van der Waals surface area contributed by atoms with E-state index in [1.807, 2.05) is 48.4 Å². The first-order valence-electron chi connectivity index (χ1n) is 10.5. The molecule has 1 saturated heterocycles. The number of carbonyl (C=O) groups is 1. The standard InChI is InChI=1S/C24H29N5O2/c1-18(26-19(2)30)20-9-11-21(12-10-20)31-22-13-16-29(17-22)24-8-5-4-7-23(27-24)28(3)15-6-14-25/h4-5,8-12,22H,1,6-7,13,15-17H2,2-3H3,(H,26,30). The van der Waals surface area contributed by atoms with Crippen LogP contribution in [0.4, 0.5) is 0 Å². The highest BCUT2D eigenvalue weighted by molar-refractivity contribution is 5.85. The van der Waals surface area contributed by atoms with Gasteiger partial charge in [-0.25, -0.2) is 4.99 Å². The van der Waals surface area contributed by atoms with Gasteiger partial charge in [0.05, 0.1) is 19.0 Å². The zero-order chi connectivity index (χ0) is 22.2. The zero-order valence-corrected chi connectivity index (χ0v) is 18.2. The van der Waals surface area contributed by atoms with Gasteiger partial charge in [-0.15, -0.1) is 0 Å². The maximum atomic E-state index is 11.2. The van der Waals surface area contributed by atoms with E-state index in [4.69, 9.17) is 15.0 Å². The lowest BCUT2D eigenvalue weighted by Crippen LogP contribution is -2.29. The number of aliphatic imine (C=N–C) groups is 1. The van der Waals surface area contributed by atoms with Gasteiger partial charge in [-0.05, 0) is 35.9 Å². The Bertz CT molecular complexity index is 940. The van der Waals surface area contributed by atoms with Gasteiger partial charge in [0.1, 0.15) is 23.5 Å². The van der Waals surface area contributed by atoms with Crippen LogP contribution in [0.5, 0.6) is 5.75 Å². The molecule has 3 rings (SSSR count). The number of amidine groups is 1. The van der Waals surface area contributed by atoms with E-state index < -0.39 is 0 Å². The minimum Gasteiger partial charge on any atom is -0.489 e. The van der Waals surface area contributed by atoms with Gasteiger partial charge in [0.2, 0.25) is 5.91 Å². The van der Waals surface area contributed by atoms with Crippen molar-refractivity contribution in [3.05, 3.63) is 60.5 Å². The predicted octanol–water partition coefficient (Wildman–Crippen LogP) is 3.29. The highest BCUT2D eigenvalue weighted by atomic mass is 16.5. The maximum absolute atomic E-state index is 11.2. The minimum absolute atomic E-state index is 0.0764. The number of amides is 1. The largest absolute Gasteiger partial charge is 0.489 e. The molecule has 0 bridgehead atoms. The van der Waals surface area contributed by atoms with Crippen molar-refractivity contribution in [3.63, 3.8) is 0 Å². The van der Waals surface area contributed by atoms with E-state index in [-0.39, 0.29) is 12.0 Å². The molecule has 1 aromatic carbocycles. The Kier molecular flexibility index (Phi) is 7.50. The predicted molar refractivity (Wildman–Crippen MR) is 122 cm³/mol. The third kappa shape index (κ3) is 6.22. The van der Waals surface area contributed by atoms with Crippen LogP contribution in [0.3, 0.4) is 0 Å². The normalized spacial score (nSPS) is 17.8. The number of likely N-dealkylation sites (tertiary alicyclic amines) is 1. The fraction of sp³-hybridized carbons (Fsp3) is 0.375. The van der Waals surface area contributed by atoms with E-state index >= 15 is 0 Å². The van der Waals surface area contributed by atoms with Crippen molar-refractivity contribution in [1.82, 2.24) is 15.1 Å². The summed E-state index contributed by atoms with van der Waals surface area (Å²) in [7, 11) is 1.98. The van der Waals surface area contributed by atoms with Crippen LogP contribution >= 0.6 is 0 Å². The molecule has 1 unspecified atom stereocenters. The molecule has 1 aromatic rings. The fourth-order valence-electron chi connectivity index (χ4n) is 3.55. The molecule has 7 nitrogen and oxygen atoms in total. The average Bonchev–Trinajstić information content (AvgIpc) is 3.06. The summed E-state index contributed by atoms with van der Waals surface area (Å²) in [5, 5.41) is 11.5. The number of carbonyl (C=O) groups excluding carboxylic acids is 1. The minimum atomic E-state index is -0.138. The molecule has 0 spiro atoms. The number of rotatable bonds is 7. The fourth-order valence-corrected chi connectivity index (χ4v) is 3.55. The summed E-state index contributed by atoms with van der Waals surface area (Å²) < 4.78 is 6.17. The van der Waals surface area contributed by atoms with Crippen LogP contribution in [0.15, 0.2) is 59.9 Å². The van der Waals surface area contributed by atoms with Gasteiger partial charge in [-0.1, -0.05) is 18.7 Å². The number of hydrogen-bond donors (Lipinski definition) is 1. The molecule has 2 aliphatic heterocycles. The smallest absolute Gasteiger partial charge is 0.221 e. The maximum Gasteiger partial charge on any atom is 0.221 e. The Labute approximate surface area is 184 Å². The Hall–Kier alpha value is -3.53. The second-order valence-electron chi connectivity index (χ2n) is 7.67. The van der Waals surface area contributed by atoms with Crippen molar-refractivity contribution in [3.8, 4) is 11.8 Å². The van der Waals surface area contributed by atoms with Crippen molar-refractivity contribution in [2.24, 2.45) is 4.99 Å². The second-order valence-corrected chi connectivity index (χ2v) is 7.67. The molecule has 1 fully saturated rings. The molecule has 162 valence electrons. The molecule has 0 radical (unpaired) electrons. The molecular weight excluding hydrogens is 390 g/mol. The molecule has 1 amide bonds. The number of benzene rings is 1. The van der Waals surface area contributed by atoms with Crippen molar-refractivity contribution < 1.29 is 9.53 Å². The first kappa shape index (κ1) is 22.2. The van der Waals surface area contributed by atoms with Gasteiger partial charge in [0.15, 0.2) is 0 Å². The molecule has 1 atom stereocenters. The van der Waals surface area contributed by atoms with E-state index in [1.54, 1.807) is 0 Å². The number of allylic oxidation sites excluding steroid dienone is 2. The van der Waals surface area contributed by atoms with Crippen molar-refractivity contribution in [2.45, 2.75) is 32.3 Å². The number of nitrogens with one attached hydrogen (secondary N) is 1. The lowest BCUT2D eigenvalue weighted by atomic mass is 10.1. The van der Waals surface area contributed by atoms with Crippen LogP contribution in [0.2, 0.25) is 0 Å². The summed E-state index contributed by atoms with van der Waals surface area (Å²) in [6, 6.07) is 9.78. The average molecular weight is 420 g/mol. The molecule has 2 aliphatic rings. The Morgan fingerprint density at radius 3 is 2.90 bits per heavy atom. The number of hydrogen-bond acceptors (Lipinski definition) is 6. The lowest BCUT2D eigenvalue weighted by molar-refractivity contribution is -0.117. The second kappa shape index (κ2) is 10.5. The lowest BCUT2D eigenvalue weighted by Gasteiger charge is -2.23. The summed E-state index contributed by atoms with van der Waals surface area (Å²) in [6.45, 7) is 7.65. The van der Waals surface area contributed by atoms with E-state index in [2.05, 4.69) is 28.9 Å². The van der Waals surface area contributed by atoms with Crippen molar-refractivity contribution >= 4 is 17.4 Å². The quantitative estimate of drug-likeness (QED) is 0.733. The monoisotopic (exact) mass is 419 g/mol.